The van der Waals surface area contributed by atoms with E-state index in [2.05, 4.69) is 27.6 Å². The van der Waals surface area contributed by atoms with Crippen LogP contribution >= 0.6 is 0 Å². The summed E-state index contributed by atoms with van der Waals surface area (Å²) in [7, 11) is 0. The molecule has 1 aliphatic rings. The molecule has 1 amide bonds. The molecule has 0 aliphatic heterocycles. The molecule has 5 heteroatoms. The van der Waals surface area contributed by atoms with Gasteiger partial charge >= 0.3 is 0 Å². The number of nitrogens with one attached hydrogen (secondary N) is 1. The number of aromatic nitrogens is 3. The van der Waals surface area contributed by atoms with Crippen molar-refractivity contribution in [2.45, 2.75) is 25.8 Å². The van der Waals surface area contributed by atoms with Crippen LogP contribution < -0.4 is 5.32 Å². The maximum absolute atomic E-state index is 12.0. The van der Waals surface area contributed by atoms with Gasteiger partial charge in [0.2, 0.25) is 5.91 Å². The molecule has 0 aromatic carbocycles. The summed E-state index contributed by atoms with van der Waals surface area (Å²) < 4.78 is 1.85. The Hall–Kier alpha value is -2.43. The van der Waals surface area contributed by atoms with Crippen LogP contribution in [-0.2, 0) is 11.3 Å². The molecule has 1 aliphatic carbocycles. The Morgan fingerprint density at radius 1 is 1.32 bits per heavy atom. The Kier molecular flexibility index (Phi) is 4.63. The molecule has 114 valence electrons. The van der Waals surface area contributed by atoms with Crippen molar-refractivity contribution in [1.29, 1.82) is 0 Å². The average molecular weight is 296 g/mol. The number of allylic oxidation sites excluding steroid dienone is 2. The molecule has 0 spiro atoms. The third kappa shape index (κ3) is 3.61. The molecule has 0 radical (unpaired) electrons. The number of carbonyl (C=O) groups excluding carboxylic acids is 1. The standard InChI is InChI=1S/C17H20N4O/c22-17(14-5-2-1-3-6-14)19-9-10-21-13-16(12-20-21)15-7-4-8-18-11-15/h1-2,4,7-8,11-14H,3,5-6,9-10H2,(H,19,22)/t14-/m1/s1. The molecule has 0 saturated heterocycles. The number of amides is 1. The Labute approximate surface area is 130 Å². The molecule has 0 fully saturated rings. The van der Waals surface area contributed by atoms with Gasteiger partial charge in [-0.1, -0.05) is 18.2 Å². The first kappa shape index (κ1) is 14.5. The summed E-state index contributed by atoms with van der Waals surface area (Å²) >= 11 is 0. The van der Waals surface area contributed by atoms with Gasteiger partial charge in [0.1, 0.15) is 0 Å². The van der Waals surface area contributed by atoms with Gasteiger partial charge in [-0.3, -0.25) is 14.5 Å². The second kappa shape index (κ2) is 7.02. The normalized spacial score (nSPS) is 17.4. The summed E-state index contributed by atoms with van der Waals surface area (Å²) in [5.41, 5.74) is 2.09. The van der Waals surface area contributed by atoms with Crippen molar-refractivity contribution in [2.75, 3.05) is 6.54 Å². The molecule has 2 heterocycles. The zero-order chi connectivity index (χ0) is 15.2. The molecule has 0 saturated carbocycles. The molecule has 22 heavy (non-hydrogen) atoms. The second-order valence-corrected chi connectivity index (χ2v) is 5.51. The van der Waals surface area contributed by atoms with Crippen LogP contribution in [-0.4, -0.2) is 27.2 Å². The van der Waals surface area contributed by atoms with Crippen molar-refractivity contribution in [3.8, 4) is 11.1 Å². The summed E-state index contributed by atoms with van der Waals surface area (Å²) in [5, 5.41) is 7.33. The molecular weight excluding hydrogens is 276 g/mol. The lowest BCUT2D eigenvalue weighted by atomic mass is 9.94. The minimum atomic E-state index is 0.133. The van der Waals surface area contributed by atoms with Crippen molar-refractivity contribution in [1.82, 2.24) is 20.1 Å². The first-order chi connectivity index (χ1) is 10.8. The van der Waals surface area contributed by atoms with E-state index in [1.54, 1.807) is 6.20 Å². The van der Waals surface area contributed by atoms with Gasteiger partial charge in [-0.25, -0.2) is 0 Å². The largest absolute Gasteiger partial charge is 0.354 e. The number of hydrogen-bond acceptors (Lipinski definition) is 3. The van der Waals surface area contributed by atoms with E-state index in [4.69, 9.17) is 0 Å². The van der Waals surface area contributed by atoms with Gasteiger partial charge in [-0.15, -0.1) is 0 Å². The predicted molar refractivity (Wildman–Crippen MR) is 84.9 cm³/mol. The van der Waals surface area contributed by atoms with E-state index in [1.807, 2.05) is 35.4 Å². The van der Waals surface area contributed by atoms with Crippen LogP contribution in [0.2, 0.25) is 0 Å². The maximum atomic E-state index is 12.0. The summed E-state index contributed by atoms with van der Waals surface area (Å²) in [6.45, 7) is 1.28. The van der Waals surface area contributed by atoms with Gasteiger partial charge in [0, 0.05) is 42.2 Å². The molecule has 1 N–H and O–H groups in total. The van der Waals surface area contributed by atoms with Gasteiger partial charge in [0.25, 0.3) is 0 Å². The van der Waals surface area contributed by atoms with Crippen LogP contribution in [0.25, 0.3) is 11.1 Å². The molecule has 0 bridgehead atoms. The van der Waals surface area contributed by atoms with E-state index >= 15 is 0 Å². The zero-order valence-electron chi connectivity index (χ0n) is 12.5. The highest BCUT2D eigenvalue weighted by Crippen LogP contribution is 2.18. The summed E-state index contributed by atoms with van der Waals surface area (Å²) in [4.78, 5) is 16.1. The molecule has 0 unspecified atom stereocenters. The topological polar surface area (TPSA) is 59.8 Å². The Bertz CT molecular complexity index is 648. The minimum Gasteiger partial charge on any atom is -0.354 e. The van der Waals surface area contributed by atoms with Crippen molar-refractivity contribution >= 4 is 5.91 Å². The lowest BCUT2D eigenvalue weighted by Gasteiger charge is -2.17. The van der Waals surface area contributed by atoms with Crippen molar-refractivity contribution in [3.05, 3.63) is 49.1 Å². The van der Waals surface area contributed by atoms with Crippen LogP contribution in [0.1, 0.15) is 19.3 Å². The van der Waals surface area contributed by atoms with E-state index in [0.29, 0.717) is 13.1 Å². The highest BCUT2D eigenvalue weighted by molar-refractivity contribution is 5.78. The van der Waals surface area contributed by atoms with E-state index in [-0.39, 0.29) is 11.8 Å². The number of nitrogens with zero attached hydrogens (tertiary/aromatic N) is 3. The minimum absolute atomic E-state index is 0.133. The monoisotopic (exact) mass is 296 g/mol. The predicted octanol–water partition coefficient (Wildman–Crippen LogP) is 2.42. The smallest absolute Gasteiger partial charge is 0.223 e. The molecule has 3 rings (SSSR count). The van der Waals surface area contributed by atoms with Crippen molar-refractivity contribution in [2.24, 2.45) is 5.92 Å². The summed E-state index contributed by atoms with van der Waals surface area (Å²) in [6, 6.07) is 3.91. The second-order valence-electron chi connectivity index (χ2n) is 5.51. The van der Waals surface area contributed by atoms with E-state index in [1.165, 1.54) is 0 Å². The van der Waals surface area contributed by atoms with Gasteiger partial charge in [-0.05, 0) is 25.3 Å². The van der Waals surface area contributed by atoms with E-state index in [9.17, 15) is 4.79 Å². The number of carbonyl (C=O) groups is 1. The average Bonchev–Trinajstić information content (AvgIpc) is 3.05. The van der Waals surface area contributed by atoms with E-state index < -0.39 is 0 Å². The van der Waals surface area contributed by atoms with Crippen LogP contribution in [0.4, 0.5) is 0 Å². The number of rotatable bonds is 5. The fourth-order valence-electron chi connectivity index (χ4n) is 2.64. The van der Waals surface area contributed by atoms with Gasteiger partial charge < -0.3 is 5.32 Å². The molecule has 2 aromatic rings. The first-order valence-electron chi connectivity index (χ1n) is 7.68. The molecule has 1 atom stereocenters. The van der Waals surface area contributed by atoms with Crippen LogP contribution in [0.15, 0.2) is 49.1 Å². The van der Waals surface area contributed by atoms with Crippen molar-refractivity contribution in [3.63, 3.8) is 0 Å². The fraction of sp³-hybridized carbons (Fsp3) is 0.353. The third-order valence-corrected chi connectivity index (χ3v) is 3.91. The zero-order valence-corrected chi connectivity index (χ0v) is 12.5. The Balaban J connectivity index is 1.49. The van der Waals surface area contributed by atoms with Gasteiger partial charge in [0.15, 0.2) is 0 Å². The maximum Gasteiger partial charge on any atom is 0.223 e. The lowest BCUT2D eigenvalue weighted by molar-refractivity contribution is -0.125. The Morgan fingerprint density at radius 2 is 2.27 bits per heavy atom. The van der Waals surface area contributed by atoms with Gasteiger partial charge in [-0.2, -0.15) is 5.10 Å². The van der Waals surface area contributed by atoms with Crippen LogP contribution in [0.3, 0.4) is 0 Å². The quantitative estimate of drug-likeness (QED) is 0.862. The lowest BCUT2D eigenvalue weighted by Crippen LogP contribution is -2.33. The van der Waals surface area contributed by atoms with Crippen LogP contribution in [0, 0.1) is 5.92 Å². The fourth-order valence-corrected chi connectivity index (χ4v) is 2.64. The SMILES string of the molecule is O=C(NCCn1cc(-c2cccnc2)cn1)[C@@H]1CC=CCC1. The first-order valence-corrected chi connectivity index (χ1v) is 7.68. The van der Waals surface area contributed by atoms with Crippen LogP contribution in [0.5, 0.6) is 0 Å². The summed E-state index contributed by atoms with van der Waals surface area (Å²) in [6.07, 6.45) is 14.4. The van der Waals surface area contributed by atoms with Gasteiger partial charge in [0.05, 0.1) is 12.7 Å². The molecule has 5 nitrogen and oxygen atoms in total. The highest BCUT2D eigenvalue weighted by Gasteiger charge is 2.17. The number of pyridine rings is 1. The third-order valence-electron chi connectivity index (χ3n) is 3.91. The highest BCUT2D eigenvalue weighted by atomic mass is 16.1. The Morgan fingerprint density at radius 3 is 3.05 bits per heavy atom. The number of hydrogen-bond donors (Lipinski definition) is 1. The van der Waals surface area contributed by atoms with Crippen molar-refractivity contribution < 1.29 is 4.79 Å². The van der Waals surface area contributed by atoms with E-state index in [0.717, 1.165) is 30.4 Å². The molecule has 2 aromatic heterocycles. The molecular formula is C17H20N4O. The summed E-state index contributed by atoms with van der Waals surface area (Å²) in [5.74, 6) is 0.289.